The molecule has 6 nitrogen and oxygen atoms in total. The summed E-state index contributed by atoms with van der Waals surface area (Å²) >= 11 is 1.36. The van der Waals surface area contributed by atoms with Crippen molar-refractivity contribution in [1.82, 2.24) is 14.7 Å². The lowest BCUT2D eigenvalue weighted by Gasteiger charge is -2.06. The molecule has 0 spiro atoms. The minimum Gasteiger partial charge on any atom is -0.343 e. The van der Waals surface area contributed by atoms with Gasteiger partial charge in [-0.05, 0) is 11.4 Å². The van der Waals surface area contributed by atoms with Crippen LogP contribution in [0.3, 0.4) is 0 Å². The van der Waals surface area contributed by atoms with Crippen LogP contribution in [0.2, 0.25) is 0 Å². The van der Waals surface area contributed by atoms with Gasteiger partial charge in [-0.25, -0.2) is 0 Å². The summed E-state index contributed by atoms with van der Waals surface area (Å²) in [7, 11) is 4.98. The highest BCUT2D eigenvalue weighted by Crippen LogP contribution is 2.14. The van der Waals surface area contributed by atoms with E-state index in [1.807, 2.05) is 11.4 Å². The second-order valence-corrected chi connectivity index (χ2v) is 5.12. The summed E-state index contributed by atoms with van der Waals surface area (Å²) in [4.78, 5) is 25.7. The highest BCUT2D eigenvalue weighted by atomic mass is 32.1. The maximum Gasteiger partial charge on any atom is 0.273 e. The first-order valence-corrected chi connectivity index (χ1v) is 6.47. The number of carbonyl (C=O) groups is 2. The molecule has 2 aromatic rings. The van der Waals surface area contributed by atoms with E-state index in [2.05, 4.69) is 10.4 Å². The number of thiophene rings is 1. The molecule has 2 rings (SSSR count). The van der Waals surface area contributed by atoms with Crippen LogP contribution < -0.4 is 5.32 Å². The zero-order chi connectivity index (χ0) is 14.0. The van der Waals surface area contributed by atoms with Crippen LogP contribution in [0.5, 0.6) is 0 Å². The Morgan fingerprint density at radius 1 is 1.42 bits per heavy atom. The van der Waals surface area contributed by atoms with Gasteiger partial charge in [0.15, 0.2) is 5.69 Å². The highest BCUT2D eigenvalue weighted by Gasteiger charge is 2.16. The van der Waals surface area contributed by atoms with Gasteiger partial charge < -0.3 is 10.2 Å². The average molecular weight is 278 g/mol. The summed E-state index contributed by atoms with van der Waals surface area (Å²) in [5.41, 5.74) is 0.300. The highest BCUT2D eigenvalue weighted by molar-refractivity contribution is 7.12. The van der Waals surface area contributed by atoms with Crippen LogP contribution in [0.15, 0.2) is 23.6 Å². The van der Waals surface area contributed by atoms with Gasteiger partial charge in [-0.15, -0.1) is 11.3 Å². The van der Waals surface area contributed by atoms with Crippen molar-refractivity contribution in [3.8, 4) is 0 Å². The maximum absolute atomic E-state index is 11.9. The van der Waals surface area contributed by atoms with Gasteiger partial charge in [-0.3, -0.25) is 14.3 Å². The Kier molecular flexibility index (Phi) is 3.66. The average Bonchev–Trinajstić information content (AvgIpc) is 2.98. The van der Waals surface area contributed by atoms with Crippen LogP contribution in [0.25, 0.3) is 0 Å². The van der Waals surface area contributed by atoms with E-state index in [0.29, 0.717) is 16.4 Å². The Bertz CT molecular complexity index is 601. The lowest BCUT2D eigenvalue weighted by Crippen LogP contribution is -2.22. The van der Waals surface area contributed by atoms with Crippen molar-refractivity contribution in [2.24, 2.45) is 7.05 Å². The second kappa shape index (κ2) is 5.23. The molecule has 7 heteroatoms. The number of hydrogen-bond donors (Lipinski definition) is 1. The van der Waals surface area contributed by atoms with E-state index in [1.165, 1.54) is 20.9 Å². The molecule has 2 heterocycles. The zero-order valence-electron chi connectivity index (χ0n) is 10.9. The normalized spacial score (nSPS) is 10.3. The minimum atomic E-state index is -0.207. The second-order valence-electron chi connectivity index (χ2n) is 4.17. The van der Waals surface area contributed by atoms with Gasteiger partial charge >= 0.3 is 0 Å². The summed E-state index contributed by atoms with van der Waals surface area (Å²) in [6.45, 7) is 0. The molecule has 0 unspecified atom stereocenters. The number of hydrogen-bond acceptors (Lipinski definition) is 4. The molecule has 0 bridgehead atoms. The molecular formula is C12H14N4O2S. The summed E-state index contributed by atoms with van der Waals surface area (Å²) < 4.78 is 1.47. The number of aromatic nitrogens is 2. The molecule has 0 saturated carbocycles. The van der Waals surface area contributed by atoms with Crippen LogP contribution in [0, 0.1) is 0 Å². The molecule has 100 valence electrons. The smallest absolute Gasteiger partial charge is 0.273 e. The van der Waals surface area contributed by atoms with Crippen molar-refractivity contribution in [2.45, 2.75) is 0 Å². The molecule has 1 N–H and O–H groups in total. The van der Waals surface area contributed by atoms with Gasteiger partial charge in [0, 0.05) is 27.2 Å². The molecule has 2 aromatic heterocycles. The Morgan fingerprint density at radius 2 is 2.16 bits per heavy atom. The minimum absolute atomic E-state index is 0.202. The van der Waals surface area contributed by atoms with Crippen molar-refractivity contribution in [2.75, 3.05) is 19.4 Å². The van der Waals surface area contributed by atoms with Gasteiger partial charge in [0.1, 0.15) is 5.82 Å². The quantitative estimate of drug-likeness (QED) is 0.923. The lowest BCUT2D eigenvalue weighted by molar-refractivity contribution is 0.0821. The summed E-state index contributed by atoms with van der Waals surface area (Å²) in [6.07, 6.45) is 0. The van der Waals surface area contributed by atoms with E-state index in [0.717, 1.165) is 0 Å². The molecule has 0 aliphatic carbocycles. The Balaban J connectivity index is 2.18. The number of anilines is 1. The fraction of sp³-hybridized carbons (Fsp3) is 0.250. The molecule has 0 aliphatic rings. The Hall–Kier alpha value is -2.15. The van der Waals surface area contributed by atoms with Crippen molar-refractivity contribution in [1.29, 1.82) is 0 Å². The van der Waals surface area contributed by atoms with E-state index in [1.54, 1.807) is 33.3 Å². The first-order chi connectivity index (χ1) is 8.99. The number of nitrogens with one attached hydrogen (secondary N) is 1. The van der Waals surface area contributed by atoms with Crippen molar-refractivity contribution < 1.29 is 9.59 Å². The predicted molar refractivity (Wildman–Crippen MR) is 73.5 cm³/mol. The summed E-state index contributed by atoms with van der Waals surface area (Å²) in [6, 6.07) is 5.11. The van der Waals surface area contributed by atoms with Crippen molar-refractivity contribution in [3.63, 3.8) is 0 Å². The largest absolute Gasteiger partial charge is 0.343 e. The third-order valence-electron chi connectivity index (χ3n) is 2.49. The van der Waals surface area contributed by atoms with Gasteiger partial charge in [-0.1, -0.05) is 6.07 Å². The van der Waals surface area contributed by atoms with Crippen LogP contribution >= 0.6 is 11.3 Å². The van der Waals surface area contributed by atoms with Crippen molar-refractivity contribution >= 4 is 29.0 Å². The van der Waals surface area contributed by atoms with Gasteiger partial charge in [0.05, 0.1) is 4.88 Å². The zero-order valence-corrected chi connectivity index (χ0v) is 11.7. The van der Waals surface area contributed by atoms with Crippen LogP contribution in [-0.2, 0) is 7.05 Å². The third kappa shape index (κ3) is 2.82. The molecule has 2 amide bonds. The number of aryl methyl sites for hydroxylation is 1. The van der Waals surface area contributed by atoms with E-state index in [9.17, 15) is 9.59 Å². The topological polar surface area (TPSA) is 67.2 Å². The molecule has 0 radical (unpaired) electrons. The lowest BCUT2D eigenvalue weighted by atomic mass is 10.3. The fourth-order valence-corrected chi connectivity index (χ4v) is 2.12. The fourth-order valence-electron chi connectivity index (χ4n) is 1.50. The molecule has 0 aliphatic heterocycles. The first kappa shape index (κ1) is 13.3. The molecule has 0 fully saturated rings. The van der Waals surface area contributed by atoms with E-state index >= 15 is 0 Å². The first-order valence-electron chi connectivity index (χ1n) is 5.59. The van der Waals surface area contributed by atoms with Gasteiger partial charge in [-0.2, -0.15) is 5.10 Å². The van der Waals surface area contributed by atoms with Gasteiger partial charge in [0.2, 0.25) is 0 Å². The van der Waals surface area contributed by atoms with Crippen molar-refractivity contribution in [3.05, 3.63) is 34.2 Å². The number of rotatable bonds is 3. The standard InChI is InChI=1S/C12H14N4O2S/c1-15(2)12(18)8-7-10(16(3)14-8)13-11(17)9-5-4-6-19-9/h4-7H,1-3H3,(H,13,17). The molecule has 0 aromatic carbocycles. The van der Waals surface area contributed by atoms with Crippen LogP contribution in [-0.4, -0.2) is 40.6 Å². The predicted octanol–water partition coefficient (Wildman–Crippen LogP) is 1.44. The van der Waals surface area contributed by atoms with Gasteiger partial charge in [0.25, 0.3) is 11.8 Å². The van der Waals surface area contributed by atoms with E-state index in [4.69, 9.17) is 0 Å². The van der Waals surface area contributed by atoms with Crippen LogP contribution in [0.4, 0.5) is 5.82 Å². The third-order valence-corrected chi connectivity index (χ3v) is 3.36. The number of amides is 2. The number of carbonyl (C=O) groups excluding carboxylic acids is 2. The molecular weight excluding hydrogens is 264 g/mol. The maximum atomic E-state index is 11.9. The Labute approximate surface area is 114 Å². The SMILES string of the molecule is CN(C)C(=O)c1cc(NC(=O)c2cccs2)n(C)n1. The summed E-state index contributed by atoms with van der Waals surface area (Å²) in [5.74, 6) is 0.0812. The Morgan fingerprint density at radius 3 is 2.74 bits per heavy atom. The molecule has 0 atom stereocenters. The molecule has 0 saturated heterocycles. The van der Waals surface area contributed by atoms with E-state index in [-0.39, 0.29) is 11.8 Å². The number of nitrogens with zero attached hydrogens (tertiary/aromatic N) is 3. The summed E-state index contributed by atoms with van der Waals surface area (Å²) in [5, 5.41) is 8.64. The molecule has 19 heavy (non-hydrogen) atoms. The van der Waals surface area contributed by atoms with Crippen LogP contribution in [0.1, 0.15) is 20.2 Å². The van der Waals surface area contributed by atoms with E-state index < -0.39 is 0 Å². The monoisotopic (exact) mass is 278 g/mol.